The van der Waals surface area contributed by atoms with Gasteiger partial charge in [0.15, 0.2) is 0 Å². The summed E-state index contributed by atoms with van der Waals surface area (Å²) in [6, 6.07) is 7.31. The van der Waals surface area contributed by atoms with E-state index in [1.807, 2.05) is 0 Å². The van der Waals surface area contributed by atoms with E-state index >= 15 is 0 Å². The standard InChI is InChI=1S/C18H28N2O/c1-18(2)11-14-7-6-8-15(17(14)21-18)13-20-10-5-4-9-16(20)12-19-3/h6-8,16,19H,4-5,9-13H2,1-3H3. The van der Waals surface area contributed by atoms with Crippen LogP contribution in [0.5, 0.6) is 5.75 Å². The SMILES string of the molecule is CNCC1CCCCN1Cc1cccc2c1OC(C)(C)C2. The molecular weight excluding hydrogens is 260 g/mol. The van der Waals surface area contributed by atoms with Crippen molar-refractivity contribution in [2.24, 2.45) is 0 Å². The maximum absolute atomic E-state index is 6.22. The van der Waals surface area contributed by atoms with Crippen molar-refractivity contribution >= 4 is 0 Å². The Morgan fingerprint density at radius 3 is 3.00 bits per heavy atom. The molecule has 1 unspecified atom stereocenters. The zero-order chi connectivity index (χ0) is 14.9. The number of hydrogen-bond donors (Lipinski definition) is 1. The van der Waals surface area contributed by atoms with Crippen LogP contribution >= 0.6 is 0 Å². The summed E-state index contributed by atoms with van der Waals surface area (Å²) < 4.78 is 6.22. The first kappa shape index (κ1) is 14.9. The highest BCUT2D eigenvalue weighted by atomic mass is 16.5. The van der Waals surface area contributed by atoms with Gasteiger partial charge in [0.1, 0.15) is 11.4 Å². The number of para-hydroxylation sites is 1. The molecule has 0 aliphatic carbocycles. The van der Waals surface area contributed by atoms with Crippen molar-refractivity contribution in [1.82, 2.24) is 10.2 Å². The van der Waals surface area contributed by atoms with Crippen LogP contribution in [-0.4, -0.2) is 36.7 Å². The molecule has 3 heteroatoms. The normalized spacial score (nSPS) is 24.6. The lowest BCUT2D eigenvalue weighted by atomic mass is 9.98. The number of hydrogen-bond acceptors (Lipinski definition) is 3. The molecule has 1 atom stereocenters. The average Bonchev–Trinajstić information content (AvgIpc) is 2.76. The van der Waals surface area contributed by atoms with Crippen LogP contribution in [0.25, 0.3) is 0 Å². The molecule has 0 amide bonds. The molecule has 0 spiro atoms. The van der Waals surface area contributed by atoms with Gasteiger partial charge in [0.05, 0.1) is 0 Å². The van der Waals surface area contributed by atoms with Crippen LogP contribution in [0.1, 0.15) is 44.2 Å². The van der Waals surface area contributed by atoms with Gasteiger partial charge in [0, 0.05) is 31.1 Å². The van der Waals surface area contributed by atoms with Crippen molar-refractivity contribution in [3.8, 4) is 5.75 Å². The molecule has 0 saturated carbocycles. The number of likely N-dealkylation sites (tertiary alicyclic amines) is 1. The highest BCUT2D eigenvalue weighted by molar-refractivity contribution is 5.45. The molecule has 1 fully saturated rings. The van der Waals surface area contributed by atoms with E-state index in [9.17, 15) is 0 Å². The van der Waals surface area contributed by atoms with E-state index in [1.54, 1.807) is 0 Å². The summed E-state index contributed by atoms with van der Waals surface area (Å²) >= 11 is 0. The van der Waals surface area contributed by atoms with Crippen molar-refractivity contribution in [3.63, 3.8) is 0 Å². The molecule has 1 N–H and O–H groups in total. The van der Waals surface area contributed by atoms with Crippen molar-refractivity contribution in [3.05, 3.63) is 29.3 Å². The Balaban J connectivity index is 1.78. The lowest BCUT2D eigenvalue weighted by Gasteiger charge is -2.36. The number of nitrogens with zero attached hydrogens (tertiary/aromatic N) is 1. The minimum Gasteiger partial charge on any atom is -0.487 e. The summed E-state index contributed by atoms with van der Waals surface area (Å²) in [6.45, 7) is 7.68. The topological polar surface area (TPSA) is 24.5 Å². The van der Waals surface area contributed by atoms with E-state index in [0.29, 0.717) is 6.04 Å². The minimum atomic E-state index is -0.0509. The molecule has 3 rings (SSSR count). The predicted octanol–water partition coefficient (Wildman–Crippen LogP) is 2.97. The Kier molecular flexibility index (Phi) is 4.23. The summed E-state index contributed by atoms with van der Waals surface area (Å²) in [4.78, 5) is 2.63. The molecule has 0 bridgehead atoms. The van der Waals surface area contributed by atoms with Crippen LogP contribution in [0.2, 0.25) is 0 Å². The highest BCUT2D eigenvalue weighted by Crippen LogP contribution is 2.38. The van der Waals surface area contributed by atoms with Gasteiger partial charge >= 0.3 is 0 Å². The van der Waals surface area contributed by atoms with E-state index in [1.165, 1.54) is 36.9 Å². The molecule has 3 nitrogen and oxygen atoms in total. The van der Waals surface area contributed by atoms with Gasteiger partial charge in [-0.1, -0.05) is 24.6 Å². The molecule has 1 aromatic rings. The molecule has 116 valence electrons. The van der Waals surface area contributed by atoms with Gasteiger partial charge in [-0.2, -0.15) is 0 Å². The third kappa shape index (κ3) is 3.24. The van der Waals surface area contributed by atoms with Crippen molar-refractivity contribution in [2.45, 2.75) is 57.7 Å². The van der Waals surface area contributed by atoms with Gasteiger partial charge in [-0.3, -0.25) is 4.90 Å². The van der Waals surface area contributed by atoms with Gasteiger partial charge in [0.25, 0.3) is 0 Å². The second-order valence-corrected chi connectivity index (χ2v) is 7.12. The molecule has 2 aliphatic rings. The zero-order valence-electron chi connectivity index (χ0n) is 13.6. The van der Waals surface area contributed by atoms with E-state index < -0.39 is 0 Å². The van der Waals surface area contributed by atoms with Gasteiger partial charge < -0.3 is 10.1 Å². The Bertz CT molecular complexity index is 496. The smallest absolute Gasteiger partial charge is 0.127 e. The largest absolute Gasteiger partial charge is 0.487 e. The van der Waals surface area contributed by atoms with Crippen LogP contribution in [-0.2, 0) is 13.0 Å². The number of rotatable bonds is 4. The Labute approximate surface area is 128 Å². The molecular formula is C18H28N2O. The lowest BCUT2D eigenvalue weighted by molar-refractivity contribution is 0.123. The first-order chi connectivity index (χ1) is 10.1. The summed E-state index contributed by atoms with van der Waals surface area (Å²) in [6.07, 6.45) is 5.01. The van der Waals surface area contributed by atoms with Crippen molar-refractivity contribution in [1.29, 1.82) is 0 Å². The zero-order valence-corrected chi connectivity index (χ0v) is 13.6. The van der Waals surface area contributed by atoms with Gasteiger partial charge in [-0.15, -0.1) is 0 Å². The van der Waals surface area contributed by atoms with E-state index in [-0.39, 0.29) is 5.60 Å². The Morgan fingerprint density at radius 2 is 2.19 bits per heavy atom. The second kappa shape index (κ2) is 5.98. The Hall–Kier alpha value is -1.06. The average molecular weight is 288 g/mol. The van der Waals surface area contributed by atoms with E-state index in [2.05, 4.69) is 49.3 Å². The second-order valence-electron chi connectivity index (χ2n) is 7.12. The third-order valence-electron chi connectivity index (χ3n) is 4.73. The Morgan fingerprint density at radius 1 is 1.33 bits per heavy atom. The van der Waals surface area contributed by atoms with Crippen LogP contribution < -0.4 is 10.1 Å². The van der Waals surface area contributed by atoms with Crippen LogP contribution in [0.15, 0.2) is 18.2 Å². The van der Waals surface area contributed by atoms with E-state index in [0.717, 1.165) is 25.3 Å². The summed E-state index contributed by atoms with van der Waals surface area (Å²) in [5, 5.41) is 3.35. The minimum absolute atomic E-state index is 0.0509. The molecule has 2 aliphatic heterocycles. The third-order valence-corrected chi connectivity index (χ3v) is 4.73. The predicted molar refractivity (Wildman–Crippen MR) is 86.8 cm³/mol. The van der Waals surface area contributed by atoms with Crippen LogP contribution in [0, 0.1) is 0 Å². The number of piperidine rings is 1. The first-order valence-corrected chi connectivity index (χ1v) is 8.27. The summed E-state index contributed by atoms with van der Waals surface area (Å²) in [5.41, 5.74) is 2.69. The molecule has 0 radical (unpaired) electrons. The first-order valence-electron chi connectivity index (χ1n) is 8.27. The number of ether oxygens (including phenoxy) is 1. The van der Waals surface area contributed by atoms with Crippen molar-refractivity contribution < 1.29 is 4.74 Å². The molecule has 1 aromatic carbocycles. The summed E-state index contributed by atoms with van der Waals surface area (Å²) in [7, 11) is 2.05. The van der Waals surface area contributed by atoms with Crippen molar-refractivity contribution in [2.75, 3.05) is 20.1 Å². The quantitative estimate of drug-likeness (QED) is 0.922. The molecule has 1 saturated heterocycles. The van der Waals surface area contributed by atoms with Gasteiger partial charge in [0.2, 0.25) is 0 Å². The number of likely N-dealkylation sites (N-methyl/N-ethyl adjacent to an activating group) is 1. The molecule has 2 heterocycles. The fraction of sp³-hybridized carbons (Fsp3) is 0.667. The number of fused-ring (bicyclic) bond motifs is 1. The molecule has 21 heavy (non-hydrogen) atoms. The van der Waals surface area contributed by atoms with E-state index in [4.69, 9.17) is 4.74 Å². The maximum atomic E-state index is 6.22. The number of nitrogens with one attached hydrogen (secondary N) is 1. The van der Waals surface area contributed by atoms with Crippen LogP contribution in [0.3, 0.4) is 0 Å². The number of benzene rings is 1. The van der Waals surface area contributed by atoms with Crippen LogP contribution in [0.4, 0.5) is 0 Å². The fourth-order valence-electron chi connectivity index (χ4n) is 3.76. The summed E-state index contributed by atoms with van der Waals surface area (Å²) in [5.74, 6) is 1.15. The maximum Gasteiger partial charge on any atom is 0.127 e. The van der Waals surface area contributed by atoms with Gasteiger partial charge in [-0.05, 0) is 45.8 Å². The highest BCUT2D eigenvalue weighted by Gasteiger charge is 2.32. The van der Waals surface area contributed by atoms with Gasteiger partial charge in [-0.25, -0.2) is 0 Å². The lowest BCUT2D eigenvalue weighted by Crippen LogP contribution is -2.44. The fourth-order valence-corrected chi connectivity index (χ4v) is 3.76. The monoisotopic (exact) mass is 288 g/mol. The molecule has 0 aromatic heterocycles.